The summed E-state index contributed by atoms with van der Waals surface area (Å²) in [5.41, 5.74) is 0. The molecule has 1 aromatic rings. The van der Waals surface area contributed by atoms with E-state index in [-0.39, 0.29) is 5.16 Å². The quantitative estimate of drug-likeness (QED) is 0.664. The molecule has 1 N–H and O–H groups in total. The molecule has 1 heterocycles. The maximum absolute atomic E-state index is 11.2. The Balaban J connectivity index is 2.99. The lowest BCUT2D eigenvalue weighted by Crippen LogP contribution is -2.24. The number of nitrogens with one attached hydrogen (secondary N) is 1. The van der Waals surface area contributed by atoms with Crippen LogP contribution >= 0.6 is 0 Å². The van der Waals surface area contributed by atoms with Crippen molar-refractivity contribution >= 4 is 10.0 Å². The minimum absolute atomic E-state index is 0.188. The van der Waals surface area contributed by atoms with Crippen LogP contribution in [0.1, 0.15) is 6.92 Å². The largest absolute Gasteiger partial charge is 0.276 e. The molecule has 0 unspecified atom stereocenters. The molecule has 0 amide bonds. The van der Waals surface area contributed by atoms with Gasteiger partial charge in [0.15, 0.2) is 0 Å². The molecular formula is C6H9N3O2S. The summed E-state index contributed by atoms with van der Waals surface area (Å²) in [6.45, 7) is 2.03. The summed E-state index contributed by atoms with van der Waals surface area (Å²) >= 11 is 0. The molecule has 0 saturated heterocycles. The number of hydrogen-bond donors (Lipinski definition) is 1. The van der Waals surface area contributed by atoms with Gasteiger partial charge in [0.05, 0.1) is 0 Å². The molecule has 0 bridgehead atoms. The first kappa shape index (κ1) is 9.08. The third-order valence-electron chi connectivity index (χ3n) is 1.12. The van der Waals surface area contributed by atoms with Gasteiger partial charge >= 0.3 is 0 Å². The fourth-order valence-electron chi connectivity index (χ4n) is 0.679. The standard InChI is InChI=1S/C6H9N3O2S/c1-2-9-12(10,11)6-7-4-3-5-8-6/h3-5,9H,2H2,1H3. The van der Waals surface area contributed by atoms with E-state index in [1.54, 1.807) is 13.0 Å². The highest BCUT2D eigenvalue weighted by Gasteiger charge is 2.14. The Morgan fingerprint density at radius 1 is 1.42 bits per heavy atom. The number of sulfonamides is 1. The molecule has 0 spiro atoms. The van der Waals surface area contributed by atoms with Crippen molar-refractivity contribution < 1.29 is 8.42 Å². The van der Waals surface area contributed by atoms with Crippen LogP contribution in [0.4, 0.5) is 0 Å². The lowest BCUT2D eigenvalue weighted by Gasteiger charge is -2.00. The van der Waals surface area contributed by atoms with Crippen molar-refractivity contribution in [2.45, 2.75) is 12.1 Å². The summed E-state index contributed by atoms with van der Waals surface area (Å²) in [7, 11) is -3.48. The Morgan fingerprint density at radius 2 is 2.00 bits per heavy atom. The zero-order valence-electron chi connectivity index (χ0n) is 6.56. The van der Waals surface area contributed by atoms with Crippen LogP contribution in [0.5, 0.6) is 0 Å². The Hall–Kier alpha value is -1.01. The predicted molar refractivity (Wildman–Crippen MR) is 42.9 cm³/mol. The fourth-order valence-corrected chi connectivity index (χ4v) is 1.59. The van der Waals surface area contributed by atoms with Gasteiger partial charge in [-0.1, -0.05) is 6.92 Å². The molecule has 1 rings (SSSR count). The summed E-state index contributed by atoms with van der Waals surface area (Å²) in [5, 5.41) is -0.188. The molecule has 0 atom stereocenters. The molecule has 1 aromatic heterocycles. The summed E-state index contributed by atoms with van der Waals surface area (Å²) in [4.78, 5) is 7.21. The Labute approximate surface area is 70.9 Å². The van der Waals surface area contributed by atoms with Crippen molar-refractivity contribution in [3.05, 3.63) is 18.5 Å². The fraction of sp³-hybridized carbons (Fsp3) is 0.333. The second kappa shape index (κ2) is 3.59. The highest BCUT2D eigenvalue weighted by Crippen LogP contribution is 1.97. The smallest absolute Gasteiger partial charge is 0.226 e. The van der Waals surface area contributed by atoms with E-state index >= 15 is 0 Å². The maximum Gasteiger partial charge on any atom is 0.276 e. The van der Waals surface area contributed by atoms with Crippen molar-refractivity contribution in [2.75, 3.05) is 6.54 Å². The SMILES string of the molecule is CCNS(=O)(=O)c1ncccn1. The van der Waals surface area contributed by atoms with E-state index in [1.807, 2.05) is 0 Å². The molecule has 0 radical (unpaired) electrons. The van der Waals surface area contributed by atoms with Crippen LogP contribution < -0.4 is 4.72 Å². The molecule has 0 aromatic carbocycles. The Morgan fingerprint density at radius 3 is 2.50 bits per heavy atom. The van der Waals surface area contributed by atoms with Crippen LogP contribution in [0.3, 0.4) is 0 Å². The highest BCUT2D eigenvalue weighted by atomic mass is 32.2. The van der Waals surface area contributed by atoms with Gasteiger partial charge in [-0.05, 0) is 6.07 Å². The highest BCUT2D eigenvalue weighted by molar-refractivity contribution is 7.89. The molecule has 0 fully saturated rings. The van der Waals surface area contributed by atoms with Gasteiger partial charge in [0.25, 0.3) is 15.2 Å². The van der Waals surface area contributed by atoms with Crippen molar-refractivity contribution in [3.63, 3.8) is 0 Å². The van der Waals surface area contributed by atoms with E-state index in [0.717, 1.165) is 0 Å². The Bertz CT molecular complexity index is 335. The second-order valence-corrected chi connectivity index (χ2v) is 3.69. The lowest BCUT2D eigenvalue weighted by atomic mass is 10.7. The van der Waals surface area contributed by atoms with Gasteiger partial charge in [-0.2, -0.15) is 0 Å². The predicted octanol–water partition coefficient (Wildman–Crippen LogP) is -0.225. The normalized spacial score (nSPS) is 11.4. The van der Waals surface area contributed by atoms with E-state index in [1.165, 1.54) is 12.4 Å². The maximum atomic E-state index is 11.2. The van der Waals surface area contributed by atoms with E-state index in [4.69, 9.17) is 0 Å². The van der Waals surface area contributed by atoms with Gasteiger partial charge in [0, 0.05) is 18.9 Å². The summed E-state index contributed by atoms with van der Waals surface area (Å²) in [5.74, 6) is 0. The van der Waals surface area contributed by atoms with Crippen LogP contribution in [0, 0.1) is 0 Å². The Kier molecular flexibility index (Phi) is 2.72. The molecule has 12 heavy (non-hydrogen) atoms. The van der Waals surface area contributed by atoms with Gasteiger partial charge in [-0.25, -0.2) is 23.1 Å². The van der Waals surface area contributed by atoms with Crippen LogP contribution in [-0.2, 0) is 10.0 Å². The van der Waals surface area contributed by atoms with Crippen LogP contribution in [0.25, 0.3) is 0 Å². The minimum atomic E-state index is -3.48. The number of aromatic nitrogens is 2. The first-order valence-corrected chi connectivity index (χ1v) is 4.92. The molecule has 0 aliphatic rings. The number of hydrogen-bond acceptors (Lipinski definition) is 4. The van der Waals surface area contributed by atoms with Crippen LogP contribution in [0.2, 0.25) is 0 Å². The molecule has 5 nitrogen and oxygen atoms in total. The van der Waals surface area contributed by atoms with E-state index in [9.17, 15) is 8.42 Å². The zero-order chi connectivity index (χ0) is 9.03. The zero-order valence-corrected chi connectivity index (χ0v) is 7.37. The molecule has 6 heteroatoms. The number of rotatable bonds is 3. The monoisotopic (exact) mass is 187 g/mol. The summed E-state index contributed by atoms with van der Waals surface area (Å²) in [6, 6.07) is 1.56. The van der Waals surface area contributed by atoms with Gasteiger partial charge < -0.3 is 0 Å². The van der Waals surface area contributed by atoms with E-state index < -0.39 is 10.0 Å². The van der Waals surface area contributed by atoms with Gasteiger partial charge in [0.2, 0.25) is 0 Å². The van der Waals surface area contributed by atoms with Crippen LogP contribution in [0.15, 0.2) is 23.6 Å². The van der Waals surface area contributed by atoms with Crippen molar-refractivity contribution in [3.8, 4) is 0 Å². The van der Waals surface area contributed by atoms with Gasteiger partial charge in [-0.3, -0.25) is 0 Å². The van der Waals surface area contributed by atoms with Gasteiger partial charge in [-0.15, -0.1) is 0 Å². The van der Waals surface area contributed by atoms with Crippen molar-refractivity contribution in [2.24, 2.45) is 0 Å². The van der Waals surface area contributed by atoms with Crippen molar-refractivity contribution in [1.29, 1.82) is 0 Å². The molecular weight excluding hydrogens is 178 g/mol. The average Bonchev–Trinajstić information content (AvgIpc) is 2.06. The van der Waals surface area contributed by atoms with Gasteiger partial charge in [0.1, 0.15) is 0 Å². The topological polar surface area (TPSA) is 72.0 Å². The third kappa shape index (κ3) is 1.99. The first-order valence-electron chi connectivity index (χ1n) is 3.43. The van der Waals surface area contributed by atoms with Crippen molar-refractivity contribution in [1.82, 2.24) is 14.7 Å². The molecule has 66 valence electrons. The summed E-state index contributed by atoms with van der Waals surface area (Å²) < 4.78 is 24.7. The molecule has 0 aliphatic carbocycles. The number of nitrogens with zero attached hydrogens (tertiary/aromatic N) is 2. The molecule has 0 saturated carbocycles. The van der Waals surface area contributed by atoms with E-state index in [2.05, 4.69) is 14.7 Å². The second-order valence-electron chi connectivity index (χ2n) is 2.03. The van der Waals surface area contributed by atoms with Crippen LogP contribution in [-0.4, -0.2) is 24.9 Å². The van der Waals surface area contributed by atoms with E-state index in [0.29, 0.717) is 6.54 Å². The third-order valence-corrected chi connectivity index (χ3v) is 2.48. The average molecular weight is 187 g/mol. The summed E-state index contributed by atoms with van der Waals surface area (Å²) in [6.07, 6.45) is 2.77. The minimum Gasteiger partial charge on any atom is -0.226 e. The molecule has 0 aliphatic heterocycles. The first-order chi connectivity index (χ1) is 5.67. The lowest BCUT2D eigenvalue weighted by molar-refractivity contribution is 0.574.